The molecule has 1 atom stereocenters. The van der Waals surface area contributed by atoms with Crippen molar-refractivity contribution < 1.29 is 9.72 Å². The van der Waals surface area contributed by atoms with E-state index in [9.17, 15) is 14.9 Å². The Hall–Kier alpha value is -1.66. The Labute approximate surface area is 123 Å². The van der Waals surface area contributed by atoms with E-state index in [1.54, 1.807) is 19.1 Å². The number of nitrogens with zero attached hydrogens (tertiary/aromatic N) is 1. The predicted octanol–water partition coefficient (Wildman–Crippen LogP) is 1.66. The van der Waals surface area contributed by atoms with Crippen molar-refractivity contribution in [1.29, 1.82) is 0 Å². The first-order chi connectivity index (χ1) is 9.08. The van der Waals surface area contributed by atoms with Crippen LogP contribution in [0, 0.1) is 23.0 Å². The molecule has 0 saturated carbocycles. The second-order valence-corrected chi connectivity index (χ2v) is 4.85. The maximum Gasteiger partial charge on any atom is 0.282 e. The summed E-state index contributed by atoms with van der Waals surface area (Å²) in [4.78, 5) is 22.4. The molecular weight excluding hydrogens is 282 g/mol. The van der Waals surface area contributed by atoms with Gasteiger partial charge in [-0.1, -0.05) is 6.07 Å². The molecule has 2 rings (SSSR count). The largest absolute Gasteiger partial charge is 0.351 e. The average Bonchev–Trinajstić information content (AvgIpc) is 2.88. The molecule has 1 fully saturated rings. The number of nitro groups is 1. The van der Waals surface area contributed by atoms with E-state index in [1.807, 2.05) is 0 Å². The second kappa shape index (κ2) is 7.21. The van der Waals surface area contributed by atoms with Crippen LogP contribution in [0.5, 0.6) is 0 Å². The fraction of sp³-hybridized carbons (Fsp3) is 0.462. The molecule has 1 aromatic carbocycles. The smallest absolute Gasteiger partial charge is 0.282 e. The van der Waals surface area contributed by atoms with Crippen LogP contribution in [0.15, 0.2) is 18.2 Å². The third kappa shape index (κ3) is 3.91. The third-order valence-electron chi connectivity index (χ3n) is 3.31. The molecule has 1 amide bonds. The zero-order chi connectivity index (χ0) is 13.8. The van der Waals surface area contributed by atoms with Gasteiger partial charge in [0.25, 0.3) is 11.6 Å². The van der Waals surface area contributed by atoms with Crippen LogP contribution in [0.2, 0.25) is 0 Å². The van der Waals surface area contributed by atoms with E-state index >= 15 is 0 Å². The summed E-state index contributed by atoms with van der Waals surface area (Å²) >= 11 is 0. The lowest BCUT2D eigenvalue weighted by Crippen LogP contribution is -2.30. The van der Waals surface area contributed by atoms with Crippen molar-refractivity contribution >= 4 is 24.0 Å². The standard InChI is InChI=1S/C13H17N3O3.ClH/c1-9-2-3-12(16(18)19)11(6-9)13(17)15-8-10-4-5-14-7-10;/h2-3,6,10,14H,4-5,7-8H2,1H3,(H,15,17);1H. The number of rotatable bonds is 4. The molecule has 1 aliphatic heterocycles. The van der Waals surface area contributed by atoms with E-state index in [2.05, 4.69) is 10.6 Å². The van der Waals surface area contributed by atoms with Gasteiger partial charge in [0.2, 0.25) is 0 Å². The number of hydrogen-bond acceptors (Lipinski definition) is 4. The highest BCUT2D eigenvalue weighted by atomic mass is 35.5. The highest BCUT2D eigenvalue weighted by molar-refractivity contribution is 5.98. The van der Waals surface area contributed by atoms with Crippen molar-refractivity contribution in [2.45, 2.75) is 13.3 Å². The summed E-state index contributed by atoms with van der Waals surface area (Å²) in [5, 5.41) is 16.9. The van der Waals surface area contributed by atoms with Crippen LogP contribution in [-0.2, 0) is 0 Å². The fourth-order valence-electron chi connectivity index (χ4n) is 2.21. The lowest BCUT2D eigenvalue weighted by atomic mass is 10.1. The number of benzene rings is 1. The number of carbonyl (C=O) groups excluding carboxylic acids is 1. The first kappa shape index (κ1) is 16.4. The Morgan fingerprint density at radius 3 is 2.90 bits per heavy atom. The summed E-state index contributed by atoms with van der Waals surface area (Å²) in [5.41, 5.74) is 0.821. The molecular formula is C13H18ClN3O3. The van der Waals surface area contributed by atoms with Gasteiger partial charge in [0, 0.05) is 12.6 Å². The van der Waals surface area contributed by atoms with Crippen LogP contribution >= 0.6 is 12.4 Å². The monoisotopic (exact) mass is 299 g/mol. The van der Waals surface area contributed by atoms with Crippen molar-refractivity contribution in [3.05, 3.63) is 39.4 Å². The molecule has 2 N–H and O–H groups in total. The Morgan fingerprint density at radius 1 is 1.55 bits per heavy atom. The molecule has 110 valence electrons. The van der Waals surface area contributed by atoms with Crippen LogP contribution in [0.1, 0.15) is 22.3 Å². The van der Waals surface area contributed by atoms with Crippen molar-refractivity contribution in [2.75, 3.05) is 19.6 Å². The maximum atomic E-state index is 12.0. The SMILES string of the molecule is Cc1ccc([N+](=O)[O-])c(C(=O)NCC2CCNC2)c1.Cl. The molecule has 0 aliphatic carbocycles. The van der Waals surface area contributed by atoms with Crippen molar-refractivity contribution in [3.8, 4) is 0 Å². The van der Waals surface area contributed by atoms with Gasteiger partial charge in [0.1, 0.15) is 5.56 Å². The van der Waals surface area contributed by atoms with E-state index in [4.69, 9.17) is 0 Å². The van der Waals surface area contributed by atoms with Gasteiger partial charge in [-0.2, -0.15) is 0 Å². The first-order valence-corrected chi connectivity index (χ1v) is 6.32. The lowest BCUT2D eigenvalue weighted by Gasteiger charge is -2.10. The second-order valence-electron chi connectivity index (χ2n) is 4.85. The van der Waals surface area contributed by atoms with E-state index in [1.165, 1.54) is 6.07 Å². The zero-order valence-electron chi connectivity index (χ0n) is 11.2. The minimum atomic E-state index is -0.522. The average molecular weight is 300 g/mol. The summed E-state index contributed by atoms with van der Waals surface area (Å²) in [5.74, 6) is 0.0371. The predicted molar refractivity (Wildman–Crippen MR) is 78.4 cm³/mol. The van der Waals surface area contributed by atoms with E-state index in [0.29, 0.717) is 12.5 Å². The molecule has 0 spiro atoms. The van der Waals surface area contributed by atoms with Crippen molar-refractivity contribution in [3.63, 3.8) is 0 Å². The first-order valence-electron chi connectivity index (χ1n) is 6.32. The molecule has 1 heterocycles. The van der Waals surface area contributed by atoms with E-state index in [-0.39, 0.29) is 29.6 Å². The Morgan fingerprint density at radius 2 is 2.30 bits per heavy atom. The Bertz CT molecular complexity index is 502. The van der Waals surface area contributed by atoms with Gasteiger partial charge in [-0.15, -0.1) is 12.4 Å². The summed E-state index contributed by atoms with van der Waals surface area (Å²) in [7, 11) is 0. The molecule has 20 heavy (non-hydrogen) atoms. The van der Waals surface area contributed by atoms with Gasteiger partial charge < -0.3 is 10.6 Å². The van der Waals surface area contributed by atoms with E-state index < -0.39 is 4.92 Å². The maximum absolute atomic E-state index is 12.0. The summed E-state index contributed by atoms with van der Waals surface area (Å²) < 4.78 is 0. The van der Waals surface area contributed by atoms with Crippen LogP contribution in [-0.4, -0.2) is 30.5 Å². The van der Waals surface area contributed by atoms with Gasteiger partial charge >= 0.3 is 0 Å². The highest BCUT2D eigenvalue weighted by Crippen LogP contribution is 2.19. The zero-order valence-corrected chi connectivity index (χ0v) is 12.0. The number of nitro benzene ring substituents is 1. The van der Waals surface area contributed by atoms with Gasteiger partial charge in [-0.05, 0) is 44.0 Å². The minimum absolute atomic E-state index is 0. The summed E-state index contributed by atoms with van der Waals surface area (Å²) in [6.45, 7) is 4.21. The highest BCUT2D eigenvalue weighted by Gasteiger charge is 2.21. The van der Waals surface area contributed by atoms with Crippen LogP contribution in [0.4, 0.5) is 5.69 Å². The molecule has 1 aromatic rings. The van der Waals surface area contributed by atoms with Gasteiger partial charge in [0.05, 0.1) is 4.92 Å². The fourth-order valence-corrected chi connectivity index (χ4v) is 2.21. The normalized spacial score (nSPS) is 17.4. The topological polar surface area (TPSA) is 84.3 Å². The van der Waals surface area contributed by atoms with Crippen LogP contribution in [0.25, 0.3) is 0 Å². The molecule has 1 aliphatic rings. The molecule has 0 bridgehead atoms. The van der Waals surface area contributed by atoms with Gasteiger partial charge in [0.15, 0.2) is 0 Å². The van der Waals surface area contributed by atoms with Gasteiger partial charge in [-0.25, -0.2) is 0 Å². The number of carbonyl (C=O) groups is 1. The lowest BCUT2D eigenvalue weighted by molar-refractivity contribution is -0.385. The van der Waals surface area contributed by atoms with Crippen LogP contribution in [0.3, 0.4) is 0 Å². The van der Waals surface area contributed by atoms with Gasteiger partial charge in [-0.3, -0.25) is 14.9 Å². The quantitative estimate of drug-likeness (QED) is 0.654. The summed E-state index contributed by atoms with van der Waals surface area (Å²) in [6.07, 6.45) is 1.02. The molecule has 7 heteroatoms. The Kier molecular flexibility index (Phi) is 5.91. The molecule has 1 unspecified atom stereocenters. The summed E-state index contributed by atoms with van der Waals surface area (Å²) in [6, 6.07) is 4.57. The van der Waals surface area contributed by atoms with Crippen molar-refractivity contribution in [2.24, 2.45) is 5.92 Å². The number of hydrogen-bond donors (Lipinski definition) is 2. The van der Waals surface area contributed by atoms with Crippen molar-refractivity contribution in [1.82, 2.24) is 10.6 Å². The van der Waals surface area contributed by atoms with E-state index in [0.717, 1.165) is 25.1 Å². The number of amides is 1. The number of nitrogens with one attached hydrogen (secondary N) is 2. The Balaban J connectivity index is 0.00000200. The molecule has 0 aromatic heterocycles. The number of halogens is 1. The molecule has 0 radical (unpaired) electrons. The minimum Gasteiger partial charge on any atom is -0.351 e. The third-order valence-corrected chi connectivity index (χ3v) is 3.31. The molecule has 1 saturated heterocycles. The number of aryl methyl sites for hydroxylation is 1. The van der Waals surface area contributed by atoms with Crippen LogP contribution < -0.4 is 10.6 Å². The molecule has 6 nitrogen and oxygen atoms in total.